The fraction of sp³-hybridized carbons (Fsp3) is 0.0625. The maximum Gasteiger partial charge on any atom is 0.372 e. The zero-order valence-electron chi connectivity index (χ0n) is 11.0. The van der Waals surface area contributed by atoms with E-state index in [2.05, 4.69) is 5.32 Å². The summed E-state index contributed by atoms with van der Waals surface area (Å²) in [6.45, 7) is 0.322. The average molecular weight is 302 g/mol. The van der Waals surface area contributed by atoms with E-state index < -0.39 is 5.97 Å². The monoisotopic (exact) mass is 301 g/mol. The van der Waals surface area contributed by atoms with Crippen LogP contribution in [0.1, 0.15) is 16.1 Å². The molecule has 0 aliphatic rings. The molecule has 3 rings (SSSR count). The fourth-order valence-corrected chi connectivity index (χ4v) is 2.44. The van der Waals surface area contributed by atoms with Gasteiger partial charge < -0.3 is 14.8 Å². The van der Waals surface area contributed by atoms with E-state index in [0.717, 1.165) is 11.1 Å². The van der Waals surface area contributed by atoms with E-state index in [0.29, 0.717) is 22.7 Å². The molecule has 0 atom stereocenters. The molecule has 0 bridgehead atoms. The van der Waals surface area contributed by atoms with Crippen LogP contribution >= 0.6 is 11.6 Å². The van der Waals surface area contributed by atoms with E-state index in [-0.39, 0.29) is 5.76 Å². The van der Waals surface area contributed by atoms with E-state index in [1.54, 1.807) is 12.1 Å². The highest BCUT2D eigenvalue weighted by Gasteiger charge is 2.19. The highest BCUT2D eigenvalue weighted by atomic mass is 35.5. The SMILES string of the molecule is O=C(O)c1oc2ccccc2c1CNc1ccccc1Cl. The summed E-state index contributed by atoms with van der Waals surface area (Å²) in [6, 6.07) is 14.6. The standard InChI is InChI=1S/C16H12ClNO3/c17-12-6-2-3-7-13(12)18-9-11-10-5-1-4-8-14(10)21-15(11)16(19)20/h1-8,18H,9H2,(H,19,20). The first kappa shape index (κ1) is 13.5. The summed E-state index contributed by atoms with van der Waals surface area (Å²) < 4.78 is 5.41. The largest absolute Gasteiger partial charge is 0.475 e. The van der Waals surface area contributed by atoms with Crippen molar-refractivity contribution in [2.45, 2.75) is 6.54 Å². The van der Waals surface area contributed by atoms with Crippen molar-refractivity contribution < 1.29 is 14.3 Å². The van der Waals surface area contributed by atoms with Crippen LogP contribution in [0.2, 0.25) is 5.02 Å². The highest BCUT2D eigenvalue weighted by Crippen LogP contribution is 2.28. The fourth-order valence-electron chi connectivity index (χ4n) is 2.24. The normalized spacial score (nSPS) is 10.7. The number of carbonyl (C=O) groups is 1. The lowest BCUT2D eigenvalue weighted by atomic mass is 10.1. The lowest BCUT2D eigenvalue weighted by molar-refractivity contribution is 0.0663. The van der Waals surface area contributed by atoms with Gasteiger partial charge >= 0.3 is 5.97 Å². The summed E-state index contributed by atoms with van der Waals surface area (Å²) in [6.07, 6.45) is 0. The second-order valence-electron chi connectivity index (χ2n) is 4.54. The van der Waals surface area contributed by atoms with Crippen molar-refractivity contribution in [3.8, 4) is 0 Å². The molecule has 0 fully saturated rings. The van der Waals surface area contributed by atoms with Gasteiger partial charge in [0.1, 0.15) is 5.58 Å². The molecule has 5 heteroatoms. The number of hydrogen-bond acceptors (Lipinski definition) is 3. The number of para-hydroxylation sites is 2. The maximum atomic E-state index is 11.3. The van der Waals surface area contributed by atoms with Crippen molar-refractivity contribution in [1.82, 2.24) is 0 Å². The molecule has 106 valence electrons. The number of aromatic carboxylic acids is 1. The van der Waals surface area contributed by atoms with Gasteiger partial charge in [-0.3, -0.25) is 0 Å². The van der Waals surface area contributed by atoms with Gasteiger partial charge in [-0.05, 0) is 18.2 Å². The second kappa shape index (κ2) is 5.50. The average Bonchev–Trinajstić information content (AvgIpc) is 2.85. The van der Waals surface area contributed by atoms with Crippen molar-refractivity contribution in [2.75, 3.05) is 5.32 Å². The van der Waals surface area contributed by atoms with Gasteiger partial charge in [-0.15, -0.1) is 0 Å². The Labute approximate surface area is 126 Å². The Morgan fingerprint density at radius 1 is 1.14 bits per heavy atom. The minimum absolute atomic E-state index is 0.0456. The molecule has 0 saturated carbocycles. The Morgan fingerprint density at radius 2 is 1.86 bits per heavy atom. The van der Waals surface area contributed by atoms with E-state index in [1.807, 2.05) is 36.4 Å². The zero-order valence-corrected chi connectivity index (χ0v) is 11.7. The van der Waals surface area contributed by atoms with Gasteiger partial charge in [0.15, 0.2) is 0 Å². The Kier molecular flexibility index (Phi) is 3.54. The smallest absolute Gasteiger partial charge is 0.372 e. The number of rotatable bonds is 4. The quantitative estimate of drug-likeness (QED) is 0.750. The van der Waals surface area contributed by atoms with Crippen LogP contribution in [-0.4, -0.2) is 11.1 Å². The molecular formula is C16H12ClNO3. The molecule has 0 aliphatic heterocycles. The molecule has 0 amide bonds. The number of carboxylic acid groups (broad SMARTS) is 1. The molecule has 0 radical (unpaired) electrons. The Balaban J connectivity index is 1.98. The molecule has 1 aromatic heterocycles. The van der Waals surface area contributed by atoms with E-state index >= 15 is 0 Å². The molecule has 4 nitrogen and oxygen atoms in total. The van der Waals surface area contributed by atoms with Crippen molar-refractivity contribution in [3.05, 3.63) is 64.9 Å². The van der Waals surface area contributed by atoms with Crippen molar-refractivity contribution in [3.63, 3.8) is 0 Å². The number of carboxylic acids is 1. The van der Waals surface area contributed by atoms with Gasteiger partial charge in [-0.1, -0.05) is 41.9 Å². The van der Waals surface area contributed by atoms with Crippen molar-refractivity contribution in [1.29, 1.82) is 0 Å². The van der Waals surface area contributed by atoms with E-state index in [1.165, 1.54) is 0 Å². The number of halogens is 1. The van der Waals surface area contributed by atoms with Crippen LogP contribution in [0.25, 0.3) is 11.0 Å². The number of hydrogen-bond donors (Lipinski definition) is 2. The third-order valence-corrected chi connectivity index (χ3v) is 3.55. The first-order valence-electron chi connectivity index (χ1n) is 6.39. The third-order valence-electron chi connectivity index (χ3n) is 3.22. The lowest BCUT2D eigenvalue weighted by Crippen LogP contribution is -2.05. The molecule has 0 aliphatic carbocycles. The van der Waals surface area contributed by atoms with Gasteiger partial charge in [0.2, 0.25) is 5.76 Å². The summed E-state index contributed by atoms with van der Waals surface area (Å²) in [4.78, 5) is 11.3. The summed E-state index contributed by atoms with van der Waals surface area (Å²) in [7, 11) is 0. The second-order valence-corrected chi connectivity index (χ2v) is 4.95. The predicted octanol–water partition coefficient (Wildman–Crippen LogP) is 4.40. The van der Waals surface area contributed by atoms with Gasteiger partial charge in [0.05, 0.1) is 10.7 Å². The van der Waals surface area contributed by atoms with Crippen molar-refractivity contribution in [2.24, 2.45) is 0 Å². The Hall–Kier alpha value is -2.46. The van der Waals surface area contributed by atoms with Crippen LogP contribution in [0.3, 0.4) is 0 Å². The number of anilines is 1. The number of benzene rings is 2. The molecule has 2 N–H and O–H groups in total. The zero-order chi connectivity index (χ0) is 14.8. The summed E-state index contributed by atoms with van der Waals surface area (Å²) in [5.74, 6) is -1.13. The van der Waals surface area contributed by atoms with Gasteiger partial charge in [-0.25, -0.2) is 4.79 Å². The van der Waals surface area contributed by atoms with Crippen LogP contribution in [0.15, 0.2) is 52.9 Å². The number of nitrogens with one attached hydrogen (secondary N) is 1. The van der Waals surface area contributed by atoms with Crippen LogP contribution in [0.5, 0.6) is 0 Å². The third kappa shape index (κ3) is 2.58. The summed E-state index contributed by atoms with van der Waals surface area (Å²) >= 11 is 6.08. The molecule has 0 unspecified atom stereocenters. The molecular weight excluding hydrogens is 290 g/mol. The topological polar surface area (TPSA) is 62.5 Å². The van der Waals surface area contributed by atoms with Crippen molar-refractivity contribution >= 4 is 34.2 Å². The molecule has 2 aromatic carbocycles. The lowest BCUT2D eigenvalue weighted by Gasteiger charge is -2.07. The first-order chi connectivity index (χ1) is 10.2. The van der Waals surface area contributed by atoms with Crippen LogP contribution in [0, 0.1) is 0 Å². The summed E-state index contributed by atoms with van der Waals surface area (Å²) in [5.41, 5.74) is 1.92. The molecule has 0 spiro atoms. The Bertz CT molecular complexity index is 810. The minimum Gasteiger partial charge on any atom is -0.475 e. The molecule has 3 aromatic rings. The number of furan rings is 1. The van der Waals surface area contributed by atoms with Gasteiger partial charge in [0, 0.05) is 17.5 Å². The van der Waals surface area contributed by atoms with Crippen LogP contribution in [0.4, 0.5) is 5.69 Å². The molecule has 21 heavy (non-hydrogen) atoms. The van der Waals surface area contributed by atoms with Crippen LogP contribution in [-0.2, 0) is 6.54 Å². The van der Waals surface area contributed by atoms with Crippen LogP contribution < -0.4 is 5.32 Å². The molecule has 0 saturated heterocycles. The number of fused-ring (bicyclic) bond motifs is 1. The van der Waals surface area contributed by atoms with Gasteiger partial charge in [0.25, 0.3) is 0 Å². The summed E-state index contributed by atoms with van der Waals surface area (Å²) in [5, 5.41) is 13.8. The highest BCUT2D eigenvalue weighted by molar-refractivity contribution is 6.33. The minimum atomic E-state index is -1.08. The Morgan fingerprint density at radius 3 is 2.62 bits per heavy atom. The first-order valence-corrected chi connectivity index (χ1v) is 6.76. The van der Waals surface area contributed by atoms with E-state index in [4.69, 9.17) is 16.0 Å². The van der Waals surface area contributed by atoms with E-state index in [9.17, 15) is 9.90 Å². The predicted molar refractivity (Wildman–Crippen MR) is 82.0 cm³/mol. The molecule has 1 heterocycles. The van der Waals surface area contributed by atoms with Gasteiger partial charge in [-0.2, -0.15) is 0 Å². The maximum absolute atomic E-state index is 11.3.